The standard InChI is InChI=1S/C8H18N2O3/c9-8(12)2-1-3-10-4-6-13-7-5-11/h10-11H,1-7H2,(H2,9,12). The van der Waals surface area contributed by atoms with Gasteiger partial charge in [-0.2, -0.15) is 0 Å². The Morgan fingerprint density at radius 1 is 1.38 bits per heavy atom. The first-order valence-corrected chi connectivity index (χ1v) is 4.45. The Labute approximate surface area is 78.3 Å². The van der Waals surface area contributed by atoms with Gasteiger partial charge in [0.2, 0.25) is 5.91 Å². The number of primary amides is 1. The lowest BCUT2D eigenvalue weighted by Gasteiger charge is -2.03. The summed E-state index contributed by atoms with van der Waals surface area (Å²) >= 11 is 0. The molecule has 4 N–H and O–H groups in total. The molecule has 5 heteroatoms. The highest BCUT2D eigenvalue weighted by atomic mass is 16.5. The highest BCUT2D eigenvalue weighted by Gasteiger charge is 1.93. The van der Waals surface area contributed by atoms with Gasteiger partial charge in [0.25, 0.3) is 0 Å². The summed E-state index contributed by atoms with van der Waals surface area (Å²) in [7, 11) is 0. The van der Waals surface area contributed by atoms with Crippen LogP contribution >= 0.6 is 0 Å². The zero-order valence-corrected chi connectivity index (χ0v) is 7.79. The second kappa shape index (κ2) is 9.44. The Morgan fingerprint density at radius 3 is 2.77 bits per heavy atom. The van der Waals surface area contributed by atoms with Gasteiger partial charge in [-0.25, -0.2) is 0 Å². The lowest BCUT2D eigenvalue weighted by molar-refractivity contribution is -0.118. The molecule has 0 aliphatic carbocycles. The van der Waals surface area contributed by atoms with E-state index < -0.39 is 0 Å². The number of aliphatic hydroxyl groups is 1. The summed E-state index contributed by atoms with van der Waals surface area (Å²) in [5, 5.41) is 11.5. The third-order valence-corrected chi connectivity index (χ3v) is 1.44. The van der Waals surface area contributed by atoms with Crippen LogP contribution in [0, 0.1) is 0 Å². The molecule has 0 aromatic rings. The number of ether oxygens (including phenoxy) is 1. The smallest absolute Gasteiger partial charge is 0.217 e. The van der Waals surface area contributed by atoms with Crippen LogP contribution < -0.4 is 11.1 Å². The molecule has 0 rings (SSSR count). The molecule has 78 valence electrons. The molecule has 0 radical (unpaired) electrons. The Bertz CT molecular complexity index is 131. The van der Waals surface area contributed by atoms with Crippen molar-refractivity contribution in [3.05, 3.63) is 0 Å². The lowest BCUT2D eigenvalue weighted by Crippen LogP contribution is -2.22. The van der Waals surface area contributed by atoms with Crippen molar-refractivity contribution in [3.8, 4) is 0 Å². The molecule has 0 aliphatic rings. The molecule has 0 aromatic heterocycles. The molecule has 0 unspecified atom stereocenters. The van der Waals surface area contributed by atoms with Crippen LogP contribution in [0.5, 0.6) is 0 Å². The summed E-state index contributed by atoms with van der Waals surface area (Å²) in [6.07, 6.45) is 1.18. The van der Waals surface area contributed by atoms with E-state index in [0.29, 0.717) is 19.6 Å². The molecular formula is C8H18N2O3. The van der Waals surface area contributed by atoms with Gasteiger partial charge < -0.3 is 20.9 Å². The largest absolute Gasteiger partial charge is 0.394 e. The average molecular weight is 190 g/mol. The highest BCUT2D eigenvalue weighted by molar-refractivity contribution is 5.73. The Morgan fingerprint density at radius 2 is 2.15 bits per heavy atom. The molecule has 0 saturated carbocycles. The summed E-state index contributed by atoms with van der Waals surface area (Å²) in [6, 6.07) is 0. The van der Waals surface area contributed by atoms with Crippen molar-refractivity contribution in [1.29, 1.82) is 0 Å². The second-order valence-electron chi connectivity index (χ2n) is 2.66. The van der Waals surface area contributed by atoms with Crippen molar-refractivity contribution in [2.24, 2.45) is 5.73 Å². The van der Waals surface area contributed by atoms with Crippen LogP contribution in [-0.4, -0.2) is 43.9 Å². The molecule has 0 fully saturated rings. The number of nitrogens with two attached hydrogens (primary N) is 1. The van der Waals surface area contributed by atoms with Crippen LogP contribution in [-0.2, 0) is 9.53 Å². The first-order chi connectivity index (χ1) is 6.27. The van der Waals surface area contributed by atoms with Crippen LogP contribution in [0.1, 0.15) is 12.8 Å². The van der Waals surface area contributed by atoms with E-state index in [1.165, 1.54) is 0 Å². The van der Waals surface area contributed by atoms with Crippen LogP contribution in [0.3, 0.4) is 0 Å². The van der Waals surface area contributed by atoms with Gasteiger partial charge in [-0.15, -0.1) is 0 Å². The number of carbonyl (C=O) groups is 1. The van der Waals surface area contributed by atoms with E-state index in [9.17, 15) is 4.79 Å². The third-order valence-electron chi connectivity index (χ3n) is 1.44. The third kappa shape index (κ3) is 11.3. The van der Waals surface area contributed by atoms with Gasteiger partial charge in [0, 0.05) is 13.0 Å². The number of amides is 1. The maximum absolute atomic E-state index is 10.3. The fraction of sp³-hybridized carbons (Fsp3) is 0.875. The van der Waals surface area contributed by atoms with Gasteiger partial charge in [0.05, 0.1) is 19.8 Å². The monoisotopic (exact) mass is 190 g/mol. The number of nitrogens with one attached hydrogen (secondary N) is 1. The van der Waals surface area contributed by atoms with E-state index >= 15 is 0 Å². The average Bonchev–Trinajstić information content (AvgIpc) is 2.09. The molecular weight excluding hydrogens is 172 g/mol. The van der Waals surface area contributed by atoms with Gasteiger partial charge in [-0.1, -0.05) is 0 Å². The van der Waals surface area contributed by atoms with E-state index in [1.807, 2.05) is 0 Å². The van der Waals surface area contributed by atoms with E-state index in [2.05, 4.69) is 5.32 Å². The molecule has 0 aliphatic heterocycles. The maximum atomic E-state index is 10.3. The number of carbonyl (C=O) groups excluding carboxylic acids is 1. The maximum Gasteiger partial charge on any atom is 0.217 e. The van der Waals surface area contributed by atoms with Gasteiger partial charge in [0.1, 0.15) is 0 Å². The Kier molecular flexibility index (Phi) is 8.97. The molecule has 0 atom stereocenters. The zero-order chi connectivity index (χ0) is 9.94. The first kappa shape index (κ1) is 12.3. The van der Waals surface area contributed by atoms with Crippen molar-refractivity contribution < 1.29 is 14.6 Å². The van der Waals surface area contributed by atoms with Gasteiger partial charge >= 0.3 is 0 Å². The molecule has 0 saturated heterocycles. The quantitative estimate of drug-likeness (QED) is 0.401. The summed E-state index contributed by atoms with van der Waals surface area (Å²) in [6.45, 7) is 2.52. The van der Waals surface area contributed by atoms with Gasteiger partial charge in [0.15, 0.2) is 0 Å². The van der Waals surface area contributed by atoms with E-state index in [1.54, 1.807) is 0 Å². The van der Waals surface area contributed by atoms with Crippen LogP contribution in [0.15, 0.2) is 0 Å². The fourth-order valence-electron chi connectivity index (χ4n) is 0.824. The second-order valence-corrected chi connectivity index (χ2v) is 2.66. The van der Waals surface area contributed by atoms with Crippen molar-refractivity contribution >= 4 is 5.91 Å². The van der Waals surface area contributed by atoms with Crippen molar-refractivity contribution in [1.82, 2.24) is 5.32 Å². The fourth-order valence-corrected chi connectivity index (χ4v) is 0.824. The van der Waals surface area contributed by atoms with E-state index in [4.69, 9.17) is 15.6 Å². The normalized spacial score (nSPS) is 10.2. The predicted molar refractivity (Wildman–Crippen MR) is 49.2 cm³/mol. The topological polar surface area (TPSA) is 84.6 Å². The minimum atomic E-state index is -0.265. The summed E-state index contributed by atoms with van der Waals surface area (Å²) < 4.78 is 5.01. The van der Waals surface area contributed by atoms with Crippen molar-refractivity contribution in [2.75, 3.05) is 32.9 Å². The Hall–Kier alpha value is -0.650. The van der Waals surface area contributed by atoms with Crippen LogP contribution in [0.4, 0.5) is 0 Å². The number of hydrogen-bond acceptors (Lipinski definition) is 4. The minimum absolute atomic E-state index is 0.0572. The minimum Gasteiger partial charge on any atom is -0.394 e. The van der Waals surface area contributed by atoms with Gasteiger partial charge in [-0.05, 0) is 13.0 Å². The molecule has 0 aromatic carbocycles. The molecule has 5 nitrogen and oxygen atoms in total. The van der Waals surface area contributed by atoms with E-state index in [-0.39, 0.29) is 12.5 Å². The molecule has 13 heavy (non-hydrogen) atoms. The highest BCUT2D eigenvalue weighted by Crippen LogP contribution is 1.83. The van der Waals surface area contributed by atoms with Crippen molar-refractivity contribution in [3.63, 3.8) is 0 Å². The lowest BCUT2D eigenvalue weighted by atomic mass is 10.3. The van der Waals surface area contributed by atoms with E-state index in [0.717, 1.165) is 19.5 Å². The van der Waals surface area contributed by atoms with Crippen LogP contribution in [0.25, 0.3) is 0 Å². The molecule has 0 bridgehead atoms. The number of hydrogen-bond donors (Lipinski definition) is 3. The summed E-state index contributed by atoms with van der Waals surface area (Å²) in [4.78, 5) is 10.3. The number of rotatable bonds is 9. The van der Waals surface area contributed by atoms with Crippen LogP contribution in [0.2, 0.25) is 0 Å². The molecule has 1 amide bonds. The zero-order valence-electron chi connectivity index (χ0n) is 7.79. The SMILES string of the molecule is NC(=O)CCCNCCOCCO. The molecule has 0 spiro atoms. The number of aliphatic hydroxyl groups excluding tert-OH is 1. The summed E-state index contributed by atoms with van der Waals surface area (Å²) in [5.74, 6) is -0.265. The Balaban J connectivity index is 2.87. The van der Waals surface area contributed by atoms with Crippen molar-refractivity contribution in [2.45, 2.75) is 12.8 Å². The predicted octanol–water partition coefficient (Wildman–Crippen LogP) is -1.15. The molecule has 0 heterocycles. The summed E-state index contributed by atoms with van der Waals surface area (Å²) in [5.41, 5.74) is 4.95. The first-order valence-electron chi connectivity index (χ1n) is 4.45. The van der Waals surface area contributed by atoms with Gasteiger partial charge in [-0.3, -0.25) is 4.79 Å².